The highest BCUT2D eigenvalue weighted by atomic mass is 79.9. The molecular weight excluding hydrogens is 276 g/mol. The van der Waals surface area contributed by atoms with E-state index in [4.69, 9.17) is 0 Å². The zero-order valence-corrected chi connectivity index (χ0v) is 10.7. The molecule has 0 radical (unpaired) electrons. The molecule has 0 aromatic heterocycles. The zero-order chi connectivity index (χ0) is 11.8. The van der Waals surface area contributed by atoms with E-state index in [2.05, 4.69) is 15.9 Å². The molecule has 88 valence electrons. The van der Waals surface area contributed by atoms with E-state index in [0.29, 0.717) is 13.0 Å². The first-order valence-electron chi connectivity index (χ1n) is 5.32. The molecule has 1 atom stereocenters. The van der Waals surface area contributed by atoms with Crippen LogP contribution >= 0.6 is 15.9 Å². The third-order valence-corrected chi connectivity index (χ3v) is 3.66. The highest BCUT2D eigenvalue weighted by molar-refractivity contribution is 9.10. The molecule has 0 saturated carbocycles. The predicted octanol–water partition coefficient (Wildman–Crippen LogP) is 3.49. The maximum Gasteiger partial charge on any atom is 0.277 e. The lowest BCUT2D eigenvalue weighted by atomic mass is 9.94. The average molecular weight is 290 g/mol. The average Bonchev–Trinajstić information content (AvgIpc) is 2.66. The van der Waals surface area contributed by atoms with Gasteiger partial charge in [0.25, 0.3) is 5.92 Å². The first kappa shape index (κ1) is 12.0. The highest BCUT2D eigenvalue weighted by Gasteiger charge is 2.43. The summed E-state index contributed by atoms with van der Waals surface area (Å²) in [5.74, 6) is -3.27. The zero-order valence-electron chi connectivity index (χ0n) is 9.09. The fraction of sp³-hybridized carbons (Fsp3) is 0.500. The van der Waals surface area contributed by atoms with Crippen molar-refractivity contribution >= 4 is 15.9 Å². The fourth-order valence-corrected chi connectivity index (χ4v) is 2.40. The number of hydrogen-bond acceptors (Lipinski definition) is 1. The molecule has 1 unspecified atom stereocenters. The van der Waals surface area contributed by atoms with Crippen LogP contribution in [0.3, 0.4) is 0 Å². The lowest BCUT2D eigenvalue weighted by molar-refractivity contribution is -0.0603. The molecule has 1 aliphatic heterocycles. The quantitative estimate of drug-likeness (QED) is 0.806. The van der Waals surface area contributed by atoms with Gasteiger partial charge in [-0.1, -0.05) is 28.1 Å². The van der Waals surface area contributed by atoms with Crippen molar-refractivity contribution in [2.24, 2.45) is 5.92 Å². The van der Waals surface area contributed by atoms with Gasteiger partial charge in [0.15, 0.2) is 0 Å². The summed E-state index contributed by atoms with van der Waals surface area (Å²) in [6.07, 6.45) is 0.569. The summed E-state index contributed by atoms with van der Waals surface area (Å²) in [6, 6.07) is 6.34. The summed E-state index contributed by atoms with van der Waals surface area (Å²) in [7, 11) is 1.89. The number of nitrogens with zero attached hydrogens (tertiary/aromatic N) is 1. The van der Waals surface area contributed by atoms with Crippen molar-refractivity contribution in [1.29, 1.82) is 0 Å². The van der Waals surface area contributed by atoms with E-state index in [0.717, 1.165) is 11.0 Å². The number of alkyl halides is 2. The maximum absolute atomic E-state index is 14.1. The minimum atomic E-state index is -2.72. The summed E-state index contributed by atoms with van der Waals surface area (Å²) < 4.78 is 29.1. The molecule has 0 N–H and O–H groups in total. The third-order valence-electron chi connectivity index (χ3n) is 3.13. The lowest BCUT2D eigenvalue weighted by Crippen LogP contribution is -2.28. The molecule has 1 aliphatic rings. The second kappa shape index (κ2) is 4.41. The van der Waals surface area contributed by atoms with Crippen LogP contribution in [0.5, 0.6) is 0 Å². The van der Waals surface area contributed by atoms with Crippen LogP contribution in [0, 0.1) is 5.92 Å². The Kier molecular flexibility index (Phi) is 3.31. The van der Waals surface area contributed by atoms with E-state index >= 15 is 0 Å². The van der Waals surface area contributed by atoms with Crippen LogP contribution in [-0.4, -0.2) is 25.0 Å². The number of likely N-dealkylation sites (tertiary alicyclic amines) is 1. The standard InChI is InChI=1S/C12H14BrF2N/c1-16-7-6-10(8-16)12(14,15)9-2-4-11(13)5-3-9/h2-5,10H,6-8H2,1H3. The molecule has 1 saturated heterocycles. The summed E-state index contributed by atoms with van der Waals surface area (Å²) in [5.41, 5.74) is 0.121. The van der Waals surface area contributed by atoms with Crippen LogP contribution in [0.4, 0.5) is 8.78 Å². The monoisotopic (exact) mass is 289 g/mol. The Bertz CT molecular complexity index is 364. The Balaban J connectivity index is 2.21. The number of hydrogen-bond donors (Lipinski definition) is 0. The van der Waals surface area contributed by atoms with Gasteiger partial charge in [0, 0.05) is 22.5 Å². The highest BCUT2D eigenvalue weighted by Crippen LogP contribution is 2.40. The minimum Gasteiger partial charge on any atom is -0.306 e. The van der Waals surface area contributed by atoms with Crippen molar-refractivity contribution in [2.75, 3.05) is 20.1 Å². The second-order valence-corrected chi connectivity index (χ2v) is 5.29. The summed E-state index contributed by atoms with van der Waals surface area (Å²) in [4.78, 5) is 1.96. The summed E-state index contributed by atoms with van der Waals surface area (Å²) >= 11 is 3.25. The number of halogens is 3. The molecule has 1 aromatic rings. The van der Waals surface area contributed by atoms with Crippen LogP contribution in [0.25, 0.3) is 0 Å². The van der Waals surface area contributed by atoms with E-state index in [1.54, 1.807) is 12.1 Å². The van der Waals surface area contributed by atoms with Crippen LogP contribution in [0.15, 0.2) is 28.7 Å². The van der Waals surface area contributed by atoms with Gasteiger partial charge >= 0.3 is 0 Å². The minimum absolute atomic E-state index is 0.121. The van der Waals surface area contributed by atoms with E-state index in [-0.39, 0.29) is 5.56 Å². The molecule has 16 heavy (non-hydrogen) atoms. The van der Waals surface area contributed by atoms with Gasteiger partial charge < -0.3 is 4.90 Å². The molecule has 1 aromatic carbocycles. The van der Waals surface area contributed by atoms with Crippen molar-refractivity contribution in [3.05, 3.63) is 34.3 Å². The van der Waals surface area contributed by atoms with Crippen molar-refractivity contribution in [3.63, 3.8) is 0 Å². The van der Waals surface area contributed by atoms with E-state index < -0.39 is 11.8 Å². The Morgan fingerprint density at radius 3 is 2.44 bits per heavy atom. The molecule has 0 spiro atoms. The number of benzene rings is 1. The van der Waals surface area contributed by atoms with Crippen LogP contribution in [0.2, 0.25) is 0 Å². The normalized spacial score (nSPS) is 22.6. The molecule has 4 heteroatoms. The van der Waals surface area contributed by atoms with E-state index in [1.807, 2.05) is 11.9 Å². The van der Waals surface area contributed by atoms with Gasteiger partial charge in [-0.15, -0.1) is 0 Å². The maximum atomic E-state index is 14.1. The number of rotatable bonds is 2. The summed E-state index contributed by atoms with van der Waals surface area (Å²) in [6.45, 7) is 1.24. The first-order chi connectivity index (χ1) is 7.50. The van der Waals surface area contributed by atoms with Gasteiger partial charge in [-0.25, -0.2) is 8.78 Å². The van der Waals surface area contributed by atoms with Gasteiger partial charge in [0.05, 0.1) is 0 Å². The molecule has 1 heterocycles. The third kappa shape index (κ3) is 2.28. The second-order valence-electron chi connectivity index (χ2n) is 4.38. The van der Waals surface area contributed by atoms with Gasteiger partial charge in [-0.2, -0.15) is 0 Å². The molecular formula is C12H14BrF2N. The Morgan fingerprint density at radius 1 is 1.31 bits per heavy atom. The Morgan fingerprint density at radius 2 is 1.94 bits per heavy atom. The van der Waals surface area contributed by atoms with Crippen LogP contribution in [0.1, 0.15) is 12.0 Å². The lowest BCUT2D eigenvalue weighted by Gasteiger charge is -2.23. The molecule has 0 aliphatic carbocycles. The van der Waals surface area contributed by atoms with E-state index in [1.165, 1.54) is 12.1 Å². The van der Waals surface area contributed by atoms with Crippen molar-refractivity contribution in [1.82, 2.24) is 4.90 Å². The molecule has 1 fully saturated rings. The predicted molar refractivity (Wildman–Crippen MR) is 63.6 cm³/mol. The molecule has 0 amide bonds. The van der Waals surface area contributed by atoms with E-state index in [9.17, 15) is 8.78 Å². The SMILES string of the molecule is CN1CCC(C(F)(F)c2ccc(Br)cc2)C1. The molecule has 1 nitrogen and oxygen atoms in total. The van der Waals surface area contributed by atoms with Crippen molar-refractivity contribution in [3.8, 4) is 0 Å². The van der Waals surface area contributed by atoms with Gasteiger partial charge in [-0.05, 0) is 32.1 Å². The van der Waals surface area contributed by atoms with Gasteiger partial charge in [0.1, 0.15) is 0 Å². The van der Waals surface area contributed by atoms with Crippen LogP contribution < -0.4 is 0 Å². The molecule has 0 bridgehead atoms. The Hall–Kier alpha value is -0.480. The first-order valence-corrected chi connectivity index (χ1v) is 6.12. The summed E-state index contributed by atoms with van der Waals surface area (Å²) in [5, 5.41) is 0. The fourth-order valence-electron chi connectivity index (χ4n) is 2.14. The largest absolute Gasteiger partial charge is 0.306 e. The smallest absolute Gasteiger partial charge is 0.277 e. The van der Waals surface area contributed by atoms with Gasteiger partial charge in [-0.3, -0.25) is 0 Å². The van der Waals surface area contributed by atoms with Gasteiger partial charge in [0.2, 0.25) is 0 Å². The van der Waals surface area contributed by atoms with Crippen molar-refractivity contribution in [2.45, 2.75) is 12.3 Å². The molecule has 2 rings (SSSR count). The topological polar surface area (TPSA) is 3.24 Å². The van der Waals surface area contributed by atoms with Crippen LogP contribution in [-0.2, 0) is 5.92 Å². The Labute approximate surface area is 103 Å². The van der Waals surface area contributed by atoms with Crippen molar-refractivity contribution < 1.29 is 8.78 Å².